The van der Waals surface area contributed by atoms with Gasteiger partial charge < -0.3 is 48.8 Å². The van der Waals surface area contributed by atoms with E-state index >= 15 is 0 Å². The van der Waals surface area contributed by atoms with E-state index in [4.69, 9.17) is 18.6 Å². The zero-order valence-electron chi connectivity index (χ0n) is 35.7. The van der Waals surface area contributed by atoms with E-state index in [2.05, 4.69) is 26.3 Å². The van der Waals surface area contributed by atoms with Gasteiger partial charge in [-0.05, 0) is 73.2 Å². The van der Waals surface area contributed by atoms with E-state index in [-0.39, 0.29) is 50.5 Å². The summed E-state index contributed by atoms with van der Waals surface area (Å²) < 4.78 is 9.12. The number of amides is 6. The summed E-state index contributed by atoms with van der Waals surface area (Å²) in [4.78, 5) is 84.6. The Morgan fingerprint density at radius 2 is 1.21 bits per heavy atom. The lowest BCUT2D eigenvalue weighted by Gasteiger charge is -2.26. The Morgan fingerprint density at radius 3 is 1.89 bits per heavy atom. The number of para-hydroxylation sites is 1. The van der Waals surface area contributed by atoms with Gasteiger partial charge in [0.05, 0.1) is 6.04 Å². The van der Waals surface area contributed by atoms with Crippen molar-refractivity contribution in [3.63, 3.8) is 0 Å². The first kappa shape index (κ1) is 48.7. The minimum atomic E-state index is -1.51. The highest BCUT2D eigenvalue weighted by Crippen LogP contribution is 2.20. The first-order valence-electron chi connectivity index (χ1n) is 20.5. The van der Waals surface area contributed by atoms with Crippen molar-refractivity contribution < 1.29 is 30.2 Å². The third kappa shape index (κ3) is 14.3. The first-order valence-corrected chi connectivity index (χ1v) is 20.1. The Kier molecular flexibility index (Phi) is 19.2. The average molecular weight is 892 g/mol. The van der Waals surface area contributed by atoms with Crippen molar-refractivity contribution in [2.45, 2.75) is 88.6 Å². The number of nitrogens with two attached hydrogens (primary N) is 3. The Balaban J connectivity index is 0.00000528. The largest absolute Gasteiger partial charge is 0.368 e. The van der Waals surface area contributed by atoms with Crippen LogP contribution in [0, 0.1) is 0 Å². The number of hydrogen-bond acceptors (Lipinski definition) is 8. The van der Waals surface area contributed by atoms with E-state index < -0.39 is 71.7 Å². The van der Waals surface area contributed by atoms with E-state index in [1.165, 1.54) is 13.8 Å². The van der Waals surface area contributed by atoms with Crippen LogP contribution in [-0.4, -0.2) is 83.2 Å². The van der Waals surface area contributed by atoms with Gasteiger partial charge in [0.1, 0.15) is 30.2 Å². The molecule has 1 heterocycles. The summed E-state index contributed by atoms with van der Waals surface area (Å²) in [5, 5.41) is 13.9. The summed E-state index contributed by atoms with van der Waals surface area (Å²) >= 11 is 0. The molecule has 5 rings (SSSR count). The molecule has 0 fully saturated rings. The normalized spacial score (nSPS) is 14.0. The Bertz CT molecular complexity index is 2330. The highest BCUT2D eigenvalue weighted by Gasteiger charge is 2.32. The Hall–Kier alpha value is -6.00. The molecule has 4 aromatic carbocycles. The molecule has 0 radical (unpaired) electrons. The van der Waals surface area contributed by atoms with Gasteiger partial charge in [0.15, 0.2) is 1.41 Å². The summed E-state index contributed by atoms with van der Waals surface area (Å²) in [6, 6.07) is 22.4. The SMILES string of the molecule is Cl.Cl.[2H]N(C(=O)[C@H](C)NC(=O)[C@@H](Cc1ccc2ccccc2c1)NC(=O)[C@@H](C)N)[C@@H](Cc1c[nH]c2ccccc12)C(=O)N[C@@H](Cc1ccccc1)C(=O)N[C@@H](CCCCN)C(N)=O. The second kappa shape index (κ2) is 24.4. The summed E-state index contributed by atoms with van der Waals surface area (Å²) in [5.41, 5.74) is 19.9. The van der Waals surface area contributed by atoms with Crippen LogP contribution in [0.3, 0.4) is 0 Å². The lowest BCUT2D eigenvalue weighted by molar-refractivity contribution is -0.134. The molecule has 6 atom stereocenters. The molecule has 15 nitrogen and oxygen atoms in total. The van der Waals surface area contributed by atoms with E-state index in [0.29, 0.717) is 35.8 Å². The van der Waals surface area contributed by atoms with Gasteiger partial charge in [-0.2, -0.15) is 0 Å². The van der Waals surface area contributed by atoms with Crippen LogP contribution in [0.25, 0.3) is 21.7 Å². The van der Waals surface area contributed by atoms with Gasteiger partial charge in [-0.25, -0.2) is 0 Å². The van der Waals surface area contributed by atoms with Crippen molar-refractivity contribution in [1.82, 2.24) is 31.6 Å². The minimum Gasteiger partial charge on any atom is -0.368 e. The maximum atomic E-state index is 14.5. The molecule has 0 aliphatic rings. The standard InChI is InChI=1S/C45H55N9O6.2ClH/c1-27(47)41(56)52-38(24-30-19-20-31-14-6-7-15-32(31)22-30)43(58)50-28(2)42(57)53-39(25-33-26-49-35-17-9-8-16-34(33)35)45(60)54-37(23-29-12-4-3-5-13-29)44(59)51-36(40(48)55)18-10-11-21-46;;/h3-9,12-17,19-20,22,26-28,36-39,49H,10-11,18,21,23-25,46-47H2,1-2H3,(H2,48,55)(H,50,58)(H,51,59)(H,52,56)(H,53,57)(H,54,60);2*1H/t27-,28+,36+,37+,38-,39+;;/m1../s1/i/hD. The molecule has 0 saturated carbocycles. The molecule has 0 bridgehead atoms. The summed E-state index contributed by atoms with van der Waals surface area (Å²) in [6.45, 7) is 3.25. The van der Waals surface area contributed by atoms with Gasteiger partial charge in [0.2, 0.25) is 35.4 Å². The first-order chi connectivity index (χ1) is 29.2. The third-order valence-electron chi connectivity index (χ3n) is 10.2. The zero-order valence-corrected chi connectivity index (χ0v) is 36.3. The van der Waals surface area contributed by atoms with Crippen LogP contribution in [-0.2, 0) is 48.0 Å². The van der Waals surface area contributed by atoms with E-state index in [1.54, 1.807) is 36.5 Å². The number of carbonyl (C=O) groups excluding carboxylic acids is 6. The Morgan fingerprint density at radius 1 is 0.629 bits per heavy atom. The number of unbranched alkanes of at least 4 members (excludes halogenated alkanes) is 1. The molecule has 0 aliphatic heterocycles. The van der Waals surface area contributed by atoms with Gasteiger partial charge in [0, 0.05) is 36.4 Å². The smallest absolute Gasteiger partial charge is 0.243 e. The second-order valence-electron chi connectivity index (χ2n) is 15.0. The fraction of sp³-hybridized carbons (Fsp3) is 0.333. The average Bonchev–Trinajstić information content (AvgIpc) is 3.66. The lowest BCUT2D eigenvalue weighted by Crippen LogP contribution is -2.59. The number of primary amides is 1. The quantitative estimate of drug-likeness (QED) is 0.0494. The molecule has 0 spiro atoms. The van der Waals surface area contributed by atoms with Crippen molar-refractivity contribution in [2.75, 3.05) is 6.54 Å². The van der Waals surface area contributed by atoms with Crippen LogP contribution in [0.5, 0.6) is 0 Å². The number of aromatic nitrogens is 1. The second-order valence-corrected chi connectivity index (χ2v) is 15.0. The fourth-order valence-corrected chi connectivity index (χ4v) is 6.84. The van der Waals surface area contributed by atoms with Crippen LogP contribution in [0.4, 0.5) is 0 Å². The fourth-order valence-electron chi connectivity index (χ4n) is 6.84. The van der Waals surface area contributed by atoms with E-state index in [1.807, 2.05) is 66.7 Å². The molecule has 1 aromatic heterocycles. The van der Waals surface area contributed by atoms with E-state index in [9.17, 15) is 28.8 Å². The number of fused-ring (bicyclic) bond motifs is 2. The number of halogens is 2. The minimum absolute atomic E-state index is 0. The third-order valence-corrected chi connectivity index (χ3v) is 10.2. The van der Waals surface area contributed by atoms with Gasteiger partial charge in [0.25, 0.3) is 0 Å². The van der Waals surface area contributed by atoms with Gasteiger partial charge in [-0.3, -0.25) is 28.8 Å². The monoisotopic (exact) mass is 890 g/mol. The molecule has 17 heteroatoms. The molecule has 332 valence electrons. The molecular formula is C45H57Cl2N9O6. The van der Waals surface area contributed by atoms with Gasteiger partial charge in [-0.1, -0.05) is 91.0 Å². The topological polar surface area (TPSA) is 256 Å². The number of aromatic amines is 1. The van der Waals surface area contributed by atoms with Crippen LogP contribution < -0.4 is 43.8 Å². The highest BCUT2D eigenvalue weighted by atomic mass is 35.5. The van der Waals surface area contributed by atoms with Crippen molar-refractivity contribution in [3.8, 4) is 0 Å². The number of hydrogen-bond donors (Lipinski definition) is 9. The number of H-pyrrole nitrogens is 1. The predicted octanol–water partition coefficient (Wildman–Crippen LogP) is 2.60. The molecule has 0 unspecified atom stereocenters. The molecule has 0 saturated heterocycles. The lowest BCUT2D eigenvalue weighted by atomic mass is 10.0. The zero-order chi connectivity index (χ0) is 44.1. The van der Waals surface area contributed by atoms with Crippen LogP contribution in [0.15, 0.2) is 103 Å². The predicted molar refractivity (Wildman–Crippen MR) is 245 cm³/mol. The maximum absolute atomic E-state index is 14.5. The van der Waals surface area contributed by atoms with Gasteiger partial charge >= 0.3 is 0 Å². The molecule has 62 heavy (non-hydrogen) atoms. The Labute approximate surface area is 374 Å². The summed E-state index contributed by atoms with van der Waals surface area (Å²) in [6.07, 6.45) is 2.99. The van der Waals surface area contributed by atoms with Crippen LogP contribution in [0.2, 0.25) is 1.41 Å². The maximum Gasteiger partial charge on any atom is 0.243 e. The number of benzene rings is 4. The summed E-state index contributed by atoms with van der Waals surface area (Å²) in [5.74, 6) is -4.49. The van der Waals surface area contributed by atoms with Crippen LogP contribution >= 0.6 is 24.8 Å². The number of carbonyl (C=O) groups is 6. The number of nitrogens with one attached hydrogen (secondary N) is 6. The van der Waals surface area contributed by atoms with Gasteiger partial charge in [-0.15, -0.1) is 24.8 Å². The molecule has 12 N–H and O–H groups in total. The molecule has 0 aliphatic carbocycles. The molecule has 6 amide bonds. The van der Waals surface area contributed by atoms with E-state index in [0.717, 1.165) is 27.2 Å². The van der Waals surface area contributed by atoms with Crippen molar-refractivity contribution in [1.29, 1.82) is 0 Å². The van der Waals surface area contributed by atoms with Crippen molar-refractivity contribution >= 4 is 81.9 Å². The molecular weight excluding hydrogens is 833 g/mol. The van der Waals surface area contributed by atoms with Crippen molar-refractivity contribution in [2.24, 2.45) is 17.2 Å². The highest BCUT2D eigenvalue weighted by molar-refractivity contribution is 5.97. The van der Waals surface area contributed by atoms with Crippen LogP contribution in [0.1, 0.15) is 49.8 Å². The number of rotatable bonds is 21. The summed E-state index contributed by atoms with van der Waals surface area (Å²) in [7, 11) is 0. The molecule has 5 aromatic rings. The van der Waals surface area contributed by atoms with Crippen molar-refractivity contribution in [3.05, 3.63) is 120 Å².